The van der Waals surface area contributed by atoms with Gasteiger partial charge in [0.25, 0.3) is 0 Å². The van der Waals surface area contributed by atoms with E-state index in [0.717, 1.165) is 32.8 Å². The van der Waals surface area contributed by atoms with Crippen LogP contribution in [-0.4, -0.2) is 50.3 Å². The van der Waals surface area contributed by atoms with Crippen LogP contribution >= 0.6 is 0 Å². The lowest BCUT2D eigenvalue weighted by Gasteiger charge is -2.29. The number of cyclic esters (lactones) is 1. The third-order valence-corrected chi connectivity index (χ3v) is 3.98. The van der Waals surface area contributed by atoms with E-state index in [1.807, 2.05) is 18.2 Å². The Morgan fingerprint density at radius 3 is 2.63 bits per heavy atom. The Morgan fingerprint density at radius 1 is 1.16 bits per heavy atom. The zero-order valence-electron chi connectivity index (χ0n) is 11.0. The van der Waals surface area contributed by atoms with Gasteiger partial charge in [-0.15, -0.1) is 0 Å². The normalized spacial score (nSPS) is 28.3. The number of carbonyl (C=O) groups excluding carboxylic acids is 1. The number of carbonyl (C=O) groups is 1. The molecule has 1 aromatic rings. The maximum Gasteiger partial charge on any atom is 0.311 e. The first-order chi connectivity index (χ1) is 9.34. The molecule has 0 N–H and O–H groups in total. The van der Waals surface area contributed by atoms with Crippen LogP contribution in [0.5, 0.6) is 0 Å². The quantitative estimate of drug-likeness (QED) is 0.768. The molecule has 2 unspecified atom stereocenters. The molecule has 2 aliphatic rings. The van der Waals surface area contributed by atoms with Gasteiger partial charge in [-0.25, -0.2) is 0 Å². The highest BCUT2D eigenvalue weighted by atomic mass is 16.5. The maximum absolute atomic E-state index is 12.0. The molecule has 2 aliphatic heterocycles. The second-order valence-corrected chi connectivity index (χ2v) is 5.17. The van der Waals surface area contributed by atoms with Crippen LogP contribution in [0.2, 0.25) is 0 Å². The molecule has 0 saturated carbocycles. The molecule has 0 aromatic heterocycles. The molecule has 4 heteroatoms. The number of ether oxygens (including phenoxy) is 2. The largest absolute Gasteiger partial charge is 0.465 e. The minimum atomic E-state index is -0.0552. The summed E-state index contributed by atoms with van der Waals surface area (Å²) in [7, 11) is 0. The number of rotatable bonds is 3. The summed E-state index contributed by atoms with van der Waals surface area (Å²) < 4.78 is 10.6. The van der Waals surface area contributed by atoms with Crippen molar-refractivity contribution in [2.45, 2.75) is 5.92 Å². The minimum Gasteiger partial charge on any atom is -0.465 e. The molecule has 1 aromatic carbocycles. The Bertz CT molecular complexity index is 428. The van der Waals surface area contributed by atoms with Crippen molar-refractivity contribution in [1.29, 1.82) is 0 Å². The SMILES string of the molecule is O=C1OCC(c2ccccc2)C1CN1CCOCC1. The summed E-state index contributed by atoms with van der Waals surface area (Å²) in [4.78, 5) is 14.3. The molecule has 2 fully saturated rings. The number of hydrogen-bond donors (Lipinski definition) is 0. The van der Waals surface area contributed by atoms with Gasteiger partial charge in [0, 0.05) is 25.6 Å². The molecule has 102 valence electrons. The molecule has 0 amide bonds. The second-order valence-electron chi connectivity index (χ2n) is 5.17. The number of nitrogens with zero attached hydrogens (tertiary/aromatic N) is 1. The van der Waals surface area contributed by atoms with Crippen molar-refractivity contribution in [1.82, 2.24) is 4.90 Å². The van der Waals surface area contributed by atoms with E-state index in [4.69, 9.17) is 9.47 Å². The predicted octanol–water partition coefficient (Wildman–Crippen LogP) is 1.28. The van der Waals surface area contributed by atoms with Gasteiger partial charge < -0.3 is 9.47 Å². The average molecular weight is 261 g/mol. The lowest BCUT2D eigenvalue weighted by molar-refractivity contribution is -0.142. The topological polar surface area (TPSA) is 38.8 Å². The smallest absolute Gasteiger partial charge is 0.311 e. The number of benzene rings is 1. The summed E-state index contributed by atoms with van der Waals surface area (Å²) in [5.41, 5.74) is 1.20. The fraction of sp³-hybridized carbons (Fsp3) is 0.533. The van der Waals surface area contributed by atoms with Gasteiger partial charge in [0.15, 0.2) is 0 Å². The summed E-state index contributed by atoms with van der Waals surface area (Å²) in [5.74, 6) is 0.0948. The predicted molar refractivity (Wildman–Crippen MR) is 70.9 cm³/mol. The first kappa shape index (κ1) is 12.6. The highest BCUT2D eigenvalue weighted by Crippen LogP contribution is 2.32. The van der Waals surface area contributed by atoms with Crippen molar-refractivity contribution < 1.29 is 14.3 Å². The molecule has 19 heavy (non-hydrogen) atoms. The average Bonchev–Trinajstić information content (AvgIpc) is 2.82. The van der Waals surface area contributed by atoms with Crippen LogP contribution in [0.15, 0.2) is 30.3 Å². The van der Waals surface area contributed by atoms with Gasteiger partial charge in [0.05, 0.1) is 25.7 Å². The van der Waals surface area contributed by atoms with E-state index in [-0.39, 0.29) is 17.8 Å². The van der Waals surface area contributed by atoms with Crippen molar-refractivity contribution in [3.8, 4) is 0 Å². The van der Waals surface area contributed by atoms with Crippen LogP contribution < -0.4 is 0 Å². The van der Waals surface area contributed by atoms with E-state index in [9.17, 15) is 4.79 Å². The van der Waals surface area contributed by atoms with Crippen LogP contribution in [0.4, 0.5) is 0 Å². The fourth-order valence-electron chi connectivity index (χ4n) is 2.85. The molecule has 0 aliphatic carbocycles. The molecule has 3 rings (SSSR count). The number of morpholine rings is 1. The van der Waals surface area contributed by atoms with Crippen molar-refractivity contribution >= 4 is 5.97 Å². The van der Waals surface area contributed by atoms with Gasteiger partial charge in [0.1, 0.15) is 0 Å². The van der Waals surface area contributed by atoms with E-state index in [0.29, 0.717) is 6.61 Å². The van der Waals surface area contributed by atoms with E-state index in [1.54, 1.807) is 0 Å². The van der Waals surface area contributed by atoms with Gasteiger partial charge in [-0.1, -0.05) is 30.3 Å². The molecule has 0 spiro atoms. The van der Waals surface area contributed by atoms with Gasteiger partial charge >= 0.3 is 5.97 Å². The monoisotopic (exact) mass is 261 g/mol. The Labute approximate surface area is 113 Å². The summed E-state index contributed by atoms with van der Waals surface area (Å²) in [6.45, 7) is 4.63. The van der Waals surface area contributed by atoms with Gasteiger partial charge in [-0.3, -0.25) is 9.69 Å². The van der Waals surface area contributed by atoms with Crippen LogP contribution in [-0.2, 0) is 14.3 Å². The Kier molecular flexibility index (Phi) is 3.80. The minimum absolute atomic E-state index is 0.0412. The van der Waals surface area contributed by atoms with E-state index in [2.05, 4.69) is 17.0 Å². The van der Waals surface area contributed by atoms with Crippen LogP contribution in [0.3, 0.4) is 0 Å². The molecule has 2 saturated heterocycles. The molecule has 0 bridgehead atoms. The third kappa shape index (κ3) is 2.80. The molecular weight excluding hydrogens is 242 g/mol. The van der Waals surface area contributed by atoms with Crippen molar-refractivity contribution in [2.24, 2.45) is 5.92 Å². The van der Waals surface area contributed by atoms with Gasteiger partial charge in [0.2, 0.25) is 0 Å². The highest BCUT2D eigenvalue weighted by molar-refractivity contribution is 5.76. The Morgan fingerprint density at radius 2 is 1.89 bits per heavy atom. The Balaban J connectivity index is 1.71. The van der Waals surface area contributed by atoms with Crippen molar-refractivity contribution in [3.63, 3.8) is 0 Å². The van der Waals surface area contributed by atoms with Crippen LogP contribution in [0.25, 0.3) is 0 Å². The molecule has 4 nitrogen and oxygen atoms in total. The summed E-state index contributed by atoms with van der Waals surface area (Å²) in [6.07, 6.45) is 0. The Hall–Kier alpha value is -1.39. The standard InChI is InChI=1S/C15H19NO3/c17-15-13(10-16-6-8-18-9-7-16)14(11-19-15)12-4-2-1-3-5-12/h1-5,13-14H,6-11H2. The highest BCUT2D eigenvalue weighted by Gasteiger charge is 2.38. The summed E-state index contributed by atoms with van der Waals surface area (Å²) >= 11 is 0. The van der Waals surface area contributed by atoms with E-state index in [1.165, 1.54) is 5.56 Å². The van der Waals surface area contributed by atoms with Crippen LogP contribution in [0.1, 0.15) is 11.5 Å². The number of hydrogen-bond acceptors (Lipinski definition) is 4. The first-order valence-electron chi connectivity index (χ1n) is 6.86. The van der Waals surface area contributed by atoms with Crippen molar-refractivity contribution in [2.75, 3.05) is 39.5 Å². The van der Waals surface area contributed by atoms with Crippen molar-refractivity contribution in [3.05, 3.63) is 35.9 Å². The lowest BCUT2D eigenvalue weighted by atomic mass is 9.88. The van der Waals surface area contributed by atoms with Crippen LogP contribution in [0, 0.1) is 5.92 Å². The maximum atomic E-state index is 12.0. The molecular formula is C15H19NO3. The number of esters is 1. The van der Waals surface area contributed by atoms with E-state index >= 15 is 0 Å². The van der Waals surface area contributed by atoms with E-state index < -0.39 is 0 Å². The molecule has 2 atom stereocenters. The fourth-order valence-corrected chi connectivity index (χ4v) is 2.85. The first-order valence-corrected chi connectivity index (χ1v) is 6.86. The molecule has 0 radical (unpaired) electrons. The summed E-state index contributed by atoms with van der Waals surface area (Å²) in [5, 5.41) is 0. The zero-order chi connectivity index (χ0) is 13.1. The van der Waals surface area contributed by atoms with Gasteiger partial charge in [-0.2, -0.15) is 0 Å². The lowest BCUT2D eigenvalue weighted by Crippen LogP contribution is -2.41. The van der Waals surface area contributed by atoms with Gasteiger partial charge in [-0.05, 0) is 5.56 Å². The second kappa shape index (κ2) is 5.72. The third-order valence-electron chi connectivity index (χ3n) is 3.98. The zero-order valence-corrected chi connectivity index (χ0v) is 11.0. The molecule has 2 heterocycles. The summed E-state index contributed by atoms with van der Waals surface area (Å²) in [6, 6.07) is 10.2.